The molecule has 5 nitrogen and oxygen atoms in total. The van der Waals surface area contributed by atoms with E-state index in [-0.39, 0.29) is 18.0 Å². The lowest BCUT2D eigenvalue weighted by atomic mass is 9.90. The Morgan fingerprint density at radius 3 is 2.54 bits per heavy atom. The first-order valence-electron chi connectivity index (χ1n) is 9.16. The number of rotatable bonds is 6. The fourth-order valence-corrected chi connectivity index (χ4v) is 3.83. The zero-order chi connectivity index (χ0) is 16.9. The lowest BCUT2D eigenvalue weighted by Crippen LogP contribution is -3.14. The molecule has 1 aromatic carbocycles. The lowest BCUT2D eigenvalue weighted by Gasteiger charge is -2.31. The predicted molar refractivity (Wildman–Crippen MR) is 92.5 cm³/mol. The van der Waals surface area contributed by atoms with Crippen molar-refractivity contribution in [2.75, 3.05) is 19.8 Å². The third-order valence-electron chi connectivity index (χ3n) is 5.25. The van der Waals surface area contributed by atoms with Gasteiger partial charge in [-0.15, -0.1) is 0 Å². The number of urea groups is 1. The van der Waals surface area contributed by atoms with Crippen LogP contribution in [0.1, 0.15) is 38.2 Å². The van der Waals surface area contributed by atoms with Crippen molar-refractivity contribution in [3.05, 3.63) is 35.9 Å². The van der Waals surface area contributed by atoms with Crippen molar-refractivity contribution >= 4 is 11.9 Å². The van der Waals surface area contributed by atoms with E-state index in [4.69, 9.17) is 0 Å². The molecule has 0 aliphatic carbocycles. The van der Waals surface area contributed by atoms with E-state index in [1.165, 1.54) is 15.4 Å². The Hall–Kier alpha value is -1.88. The predicted octanol–water partition coefficient (Wildman–Crippen LogP) is 1.20. The fourth-order valence-electron chi connectivity index (χ4n) is 3.83. The van der Waals surface area contributed by atoms with Gasteiger partial charge < -0.3 is 10.2 Å². The van der Waals surface area contributed by atoms with Crippen LogP contribution in [0.3, 0.4) is 0 Å². The Kier molecular flexibility index (Phi) is 5.51. The molecule has 0 bridgehead atoms. The van der Waals surface area contributed by atoms with Gasteiger partial charge in [-0.1, -0.05) is 43.7 Å². The Labute approximate surface area is 144 Å². The zero-order valence-corrected chi connectivity index (χ0v) is 14.5. The highest BCUT2D eigenvalue weighted by atomic mass is 16.2. The molecule has 0 saturated carbocycles. The molecule has 2 aliphatic rings. The molecule has 130 valence electrons. The van der Waals surface area contributed by atoms with E-state index in [1.807, 2.05) is 6.92 Å². The summed E-state index contributed by atoms with van der Waals surface area (Å²) in [5.74, 6) is 0.674. The van der Waals surface area contributed by atoms with Crippen LogP contribution in [0.25, 0.3) is 0 Å². The molecule has 2 heterocycles. The number of hydrogen-bond donors (Lipinski definition) is 2. The number of carbonyl (C=O) groups excluding carboxylic acids is 2. The normalized spacial score (nSPS) is 27.4. The highest BCUT2D eigenvalue weighted by Crippen LogP contribution is 2.17. The number of imide groups is 1. The molecule has 0 spiro atoms. The van der Waals surface area contributed by atoms with Crippen molar-refractivity contribution in [3.8, 4) is 0 Å². The molecule has 2 saturated heterocycles. The fraction of sp³-hybridized carbons (Fsp3) is 0.579. The quantitative estimate of drug-likeness (QED) is 0.770. The van der Waals surface area contributed by atoms with Gasteiger partial charge in [0.2, 0.25) is 0 Å². The summed E-state index contributed by atoms with van der Waals surface area (Å²) in [6.07, 6.45) is 5.09. The van der Waals surface area contributed by atoms with Gasteiger partial charge in [-0.3, -0.25) is 4.79 Å². The van der Waals surface area contributed by atoms with E-state index >= 15 is 0 Å². The number of carbonyl (C=O) groups is 2. The number of nitrogens with zero attached hydrogens (tertiary/aromatic N) is 1. The minimum absolute atomic E-state index is 0.0410. The van der Waals surface area contributed by atoms with Crippen LogP contribution in [0.4, 0.5) is 4.79 Å². The molecule has 2 N–H and O–H groups in total. The van der Waals surface area contributed by atoms with Crippen molar-refractivity contribution in [1.82, 2.24) is 10.2 Å². The van der Waals surface area contributed by atoms with Gasteiger partial charge in [0.1, 0.15) is 6.04 Å². The van der Waals surface area contributed by atoms with Crippen molar-refractivity contribution in [3.63, 3.8) is 0 Å². The van der Waals surface area contributed by atoms with E-state index in [9.17, 15) is 9.59 Å². The monoisotopic (exact) mass is 330 g/mol. The minimum Gasteiger partial charge on any atom is -0.326 e. The molecular weight excluding hydrogens is 302 g/mol. The van der Waals surface area contributed by atoms with Gasteiger partial charge in [0.05, 0.1) is 13.1 Å². The summed E-state index contributed by atoms with van der Waals surface area (Å²) in [5.41, 5.74) is 1.41. The van der Waals surface area contributed by atoms with Gasteiger partial charge >= 0.3 is 6.03 Å². The highest BCUT2D eigenvalue weighted by molar-refractivity contribution is 6.03. The first kappa shape index (κ1) is 17.0. The smallest absolute Gasteiger partial charge is 0.326 e. The first-order chi connectivity index (χ1) is 11.7. The van der Waals surface area contributed by atoms with Crippen LogP contribution in [0.15, 0.2) is 30.3 Å². The largest absolute Gasteiger partial charge is 0.329 e. The molecular formula is C19H28N3O2+. The second kappa shape index (κ2) is 7.79. The first-order valence-corrected chi connectivity index (χ1v) is 9.16. The number of nitrogens with one attached hydrogen (secondary N) is 2. The second-order valence-corrected chi connectivity index (χ2v) is 7.10. The molecule has 3 amide bonds. The number of benzene rings is 1. The summed E-state index contributed by atoms with van der Waals surface area (Å²) in [4.78, 5) is 27.1. The van der Waals surface area contributed by atoms with E-state index in [0.29, 0.717) is 12.6 Å². The molecule has 24 heavy (non-hydrogen) atoms. The summed E-state index contributed by atoms with van der Waals surface area (Å²) in [5, 5.41) is 2.81. The summed E-state index contributed by atoms with van der Waals surface area (Å²) < 4.78 is 0. The van der Waals surface area contributed by atoms with Crippen LogP contribution in [0.2, 0.25) is 0 Å². The standard InChI is InChI=1S/C19H27N3O2/c1-2-6-17-18(23)22(19(24)20-17)14-21-11-9-16(10-12-21)13-15-7-4-3-5-8-15/h3-5,7-8,16-17H,2,6,9-14H2,1H3,(H,20,24)/p+1/t17-/m1/s1. The van der Waals surface area contributed by atoms with Crippen LogP contribution in [0, 0.1) is 5.92 Å². The van der Waals surface area contributed by atoms with Crippen molar-refractivity contribution in [1.29, 1.82) is 0 Å². The Bertz CT molecular complexity index is 567. The molecule has 0 aromatic heterocycles. The highest BCUT2D eigenvalue weighted by Gasteiger charge is 2.39. The van der Waals surface area contributed by atoms with E-state index in [1.54, 1.807) is 0 Å². The summed E-state index contributed by atoms with van der Waals surface area (Å²) in [6, 6.07) is 10.1. The maximum Gasteiger partial charge on any atom is 0.329 e. The third kappa shape index (κ3) is 3.96. The lowest BCUT2D eigenvalue weighted by molar-refractivity contribution is -0.913. The second-order valence-electron chi connectivity index (χ2n) is 7.10. The molecule has 0 unspecified atom stereocenters. The van der Waals surface area contributed by atoms with Gasteiger partial charge in [0, 0.05) is 0 Å². The zero-order valence-electron chi connectivity index (χ0n) is 14.5. The topological polar surface area (TPSA) is 53.9 Å². The average molecular weight is 330 g/mol. The van der Waals surface area contributed by atoms with Crippen molar-refractivity contribution < 1.29 is 14.5 Å². The molecule has 5 heteroatoms. The Morgan fingerprint density at radius 2 is 1.88 bits per heavy atom. The number of piperidine rings is 1. The van der Waals surface area contributed by atoms with Crippen LogP contribution in [-0.2, 0) is 11.2 Å². The molecule has 2 fully saturated rings. The maximum atomic E-state index is 12.3. The van der Waals surface area contributed by atoms with Crippen LogP contribution in [0.5, 0.6) is 0 Å². The van der Waals surface area contributed by atoms with Crippen molar-refractivity contribution in [2.45, 2.75) is 45.1 Å². The summed E-state index contributed by atoms with van der Waals surface area (Å²) in [7, 11) is 0. The van der Waals surface area contributed by atoms with Crippen molar-refractivity contribution in [2.24, 2.45) is 5.92 Å². The number of hydrogen-bond acceptors (Lipinski definition) is 2. The van der Waals surface area contributed by atoms with E-state index in [2.05, 4.69) is 35.6 Å². The molecule has 2 aliphatic heterocycles. The average Bonchev–Trinajstić information content (AvgIpc) is 2.85. The molecule has 1 aromatic rings. The van der Waals surface area contributed by atoms with E-state index < -0.39 is 0 Å². The summed E-state index contributed by atoms with van der Waals surface area (Å²) >= 11 is 0. The molecule has 0 radical (unpaired) electrons. The molecule has 1 atom stereocenters. The van der Waals surface area contributed by atoms with Gasteiger partial charge in [-0.25, -0.2) is 9.69 Å². The van der Waals surface area contributed by atoms with Gasteiger partial charge in [0.15, 0.2) is 6.67 Å². The third-order valence-corrected chi connectivity index (χ3v) is 5.25. The van der Waals surface area contributed by atoms with Gasteiger partial charge in [0.25, 0.3) is 5.91 Å². The van der Waals surface area contributed by atoms with Crippen LogP contribution >= 0.6 is 0 Å². The summed E-state index contributed by atoms with van der Waals surface area (Å²) in [6.45, 7) is 4.62. The number of likely N-dealkylation sites (tertiary alicyclic amines) is 1. The van der Waals surface area contributed by atoms with Crippen LogP contribution in [-0.4, -0.2) is 42.6 Å². The SMILES string of the molecule is CCC[C@H]1NC(=O)N(C[NH+]2CCC(Cc3ccccc3)CC2)C1=O. The number of quaternary nitrogens is 1. The van der Waals surface area contributed by atoms with Crippen LogP contribution < -0.4 is 10.2 Å². The Balaban J connectivity index is 1.47. The van der Waals surface area contributed by atoms with E-state index in [0.717, 1.165) is 45.2 Å². The molecule has 3 rings (SSSR count). The van der Waals surface area contributed by atoms with Gasteiger partial charge in [-0.2, -0.15) is 0 Å². The number of amides is 3. The minimum atomic E-state index is -0.308. The maximum absolute atomic E-state index is 12.3. The van der Waals surface area contributed by atoms with Gasteiger partial charge in [-0.05, 0) is 37.2 Å². The Morgan fingerprint density at radius 1 is 1.17 bits per heavy atom.